The summed E-state index contributed by atoms with van der Waals surface area (Å²) in [5.74, 6) is 0. The Morgan fingerprint density at radius 1 is 1.37 bits per heavy atom. The molecule has 4 nitrogen and oxygen atoms in total. The van der Waals surface area contributed by atoms with Gasteiger partial charge in [-0.3, -0.25) is 4.68 Å². The van der Waals surface area contributed by atoms with E-state index in [9.17, 15) is 0 Å². The number of likely N-dealkylation sites (N-methyl/N-ethyl adjacent to an activating group) is 1. The Morgan fingerprint density at radius 3 is 2.74 bits per heavy atom. The molecule has 1 saturated carbocycles. The highest BCUT2D eigenvalue weighted by atomic mass is 15.3. The van der Waals surface area contributed by atoms with Gasteiger partial charge in [0.25, 0.3) is 0 Å². The van der Waals surface area contributed by atoms with Gasteiger partial charge in [-0.2, -0.15) is 5.10 Å². The minimum absolute atomic E-state index is 0.371. The van der Waals surface area contributed by atoms with Gasteiger partial charge in [0.05, 0.1) is 5.69 Å². The average molecular weight is 264 g/mol. The summed E-state index contributed by atoms with van der Waals surface area (Å²) in [5, 5.41) is 8.02. The lowest BCUT2D eigenvalue weighted by atomic mass is 9.96. The fraction of sp³-hybridized carbons (Fsp3) is 0.800. The molecular formula is C15H28N4. The van der Waals surface area contributed by atoms with Gasteiger partial charge in [0.2, 0.25) is 0 Å². The zero-order valence-corrected chi connectivity index (χ0v) is 12.7. The highest BCUT2D eigenvalue weighted by Gasteiger charge is 2.35. The fourth-order valence-electron chi connectivity index (χ4n) is 3.16. The summed E-state index contributed by atoms with van der Waals surface area (Å²) in [5.41, 5.74) is 1.67. The van der Waals surface area contributed by atoms with Gasteiger partial charge < -0.3 is 10.2 Å². The molecule has 1 fully saturated rings. The van der Waals surface area contributed by atoms with Crippen LogP contribution in [-0.2, 0) is 13.1 Å². The van der Waals surface area contributed by atoms with Crippen LogP contribution in [0.3, 0.4) is 0 Å². The lowest BCUT2D eigenvalue weighted by Gasteiger charge is -2.36. The molecule has 108 valence electrons. The predicted octanol–water partition coefficient (Wildman–Crippen LogP) is 2.26. The van der Waals surface area contributed by atoms with E-state index in [-0.39, 0.29) is 0 Å². The Balaban J connectivity index is 1.86. The van der Waals surface area contributed by atoms with Crippen LogP contribution >= 0.6 is 0 Å². The predicted molar refractivity (Wildman–Crippen MR) is 79.1 cm³/mol. The molecule has 19 heavy (non-hydrogen) atoms. The van der Waals surface area contributed by atoms with Crippen molar-refractivity contribution in [3.05, 3.63) is 18.0 Å². The third-order valence-electron chi connectivity index (χ3n) is 4.48. The average Bonchev–Trinajstić information content (AvgIpc) is 3.01. The van der Waals surface area contributed by atoms with Crippen molar-refractivity contribution in [1.82, 2.24) is 20.0 Å². The van der Waals surface area contributed by atoms with Gasteiger partial charge in [-0.25, -0.2) is 0 Å². The van der Waals surface area contributed by atoms with Crippen LogP contribution in [0, 0.1) is 0 Å². The lowest BCUT2D eigenvalue weighted by molar-refractivity contribution is 0.153. The van der Waals surface area contributed by atoms with E-state index in [2.05, 4.69) is 47.1 Å². The first-order valence-electron chi connectivity index (χ1n) is 7.57. The molecule has 1 N–H and O–H groups in total. The summed E-state index contributed by atoms with van der Waals surface area (Å²) >= 11 is 0. The largest absolute Gasteiger partial charge is 0.309 e. The minimum atomic E-state index is 0.371. The fourth-order valence-corrected chi connectivity index (χ4v) is 3.16. The highest BCUT2D eigenvalue weighted by Crippen LogP contribution is 2.33. The normalized spacial score (nSPS) is 18.3. The van der Waals surface area contributed by atoms with Gasteiger partial charge in [-0.1, -0.05) is 19.8 Å². The van der Waals surface area contributed by atoms with E-state index >= 15 is 0 Å². The molecule has 2 rings (SSSR count). The molecular weight excluding hydrogens is 236 g/mol. The number of hydrogen-bond donors (Lipinski definition) is 1. The number of hydrogen-bond acceptors (Lipinski definition) is 3. The maximum absolute atomic E-state index is 4.38. The van der Waals surface area contributed by atoms with E-state index in [1.54, 1.807) is 0 Å². The first-order valence-corrected chi connectivity index (χ1v) is 7.57. The molecule has 0 aromatic carbocycles. The van der Waals surface area contributed by atoms with Crippen LogP contribution in [0.2, 0.25) is 0 Å². The van der Waals surface area contributed by atoms with Crippen molar-refractivity contribution < 1.29 is 0 Å². The molecule has 0 unspecified atom stereocenters. The summed E-state index contributed by atoms with van der Waals surface area (Å²) < 4.78 is 2.12. The van der Waals surface area contributed by atoms with Crippen molar-refractivity contribution in [2.24, 2.45) is 0 Å². The highest BCUT2D eigenvalue weighted by molar-refractivity contribution is 5.01. The first kappa shape index (κ1) is 14.5. The monoisotopic (exact) mass is 264 g/mol. The van der Waals surface area contributed by atoms with Gasteiger partial charge in [0.1, 0.15) is 0 Å². The molecule has 0 bridgehead atoms. The second kappa shape index (κ2) is 6.53. The standard InChI is InChI=1S/C15H28N4/c1-4-11-19-14(7-10-17-19)12-16-13-15(18(2)3)8-5-6-9-15/h7,10,16H,4-6,8-9,11-13H2,1-3H3. The van der Waals surface area contributed by atoms with Gasteiger partial charge in [-0.05, 0) is 39.4 Å². The van der Waals surface area contributed by atoms with Gasteiger partial charge in [-0.15, -0.1) is 0 Å². The Morgan fingerprint density at radius 2 is 2.11 bits per heavy atom. The van der Waals surface area contributed by atoms with E-state index in [0.717, 1.165) is 26.1 Å². The Labute approximate surface area is 117 Å². The number of nitrogens with one attached hydrogen (secondary N) is 1. The number of nitrogens with zero attached hydrogens (tertiary/aromatic N) is 3. The van der Waals surface area contributed by atoms with Gasteiger partial charge in [0, 0.05) is 31.4 Å². The Kier molecular flexibility index (Phi) is 4.99. The topological polar surface area (TPSA) is 33.1 Å². The van der Waals surface area contributed by atoms with Crippen LogP contribution < -0.4 is 5.32 Å². The number of rotatable bonds is 7. The molecule has 0 atom stereocenters. The summed E-state index contributed by atoms with van der Waals surface area (Å²) in [6.07, 6.45) is 8.42. The van der Waals surface area contributed by atoms with E-state index in [1.165, 1.54) is 31.4 Å². The Hall–Kier alpha value is -0.870. The molecule has 4 heteroatoms. The minimum Gasteiger partial charge on any atom is -0.309 e. The van der Waals surface area contributed by atoms with Crippen LogP contribution in [0.25, 0.3) is 0 Å². The molecule has 1 aliphatic carbocycles. The van der Waals surface area contributed by atoms with E-state index in [0.29, 0.717) is 5.54 Å². The zero-order valence-electron chi connectivity index (χ0n) is 12.7. The summed E-state index contributed by atoms with van der Waals surface area (Å²) in [7, 11) is 4.43. The summed E-state index contributed by atoms with van der Waals surface area (Å²) in [6, 6.07) is 2.12. The van der Waals surface area contributed by atoms with Gasteiger partial charge in [0.15, 0.2) is 0 Å². The smallest absolute Gasteiger partial charge is 0.0522 e. The first-order chi connectivity index (χ1) is 9.18. The maximum atomic E-state index is 4.38. The van der Waals surface area contributed by atoms with Gasteiger partial charge >= 0.3 is 0 Å². The van der Waals surface area contributed by atoms with Crippen molar-refractivity contribution in [2.75, 3.05) is 20.6 Å². The molecule has 0 spiro atoms. The SMILES string of the molecule is CCCn1nccc1CNCC1(N(C)C)CCCC1. The molecule has 0 aliphatic heterocycles. The number of aromatic nitrogens is 2. The quantitative estimate of drug-likeness (QED) is 0.820. The molecule has 0 amide bonds. The van der Waals surface area contributed by atoms with Crippen molar-refractivity contribution in [3.8, 4) is 0 Å². The third-order valence-corrected chi connectivity index (χ3v) is 4.48. The third kappa shape index (κ3) is 3.37. The van der Waals surface area contributed by atoms with Crippen molar-refractivity contribution in [3.63, 3.8) is 0 Å². The molecule has 1 heterocycles. The van der Waals surface area contributed by atoms with E-state index in [1.807, 2.05) is 6.20 Å². The van der Waals surface area contributed by atoms with Crippen LogP contribution in [0.5, 0.6) is 0 Å². The zero-order chi connectivity index (χ0) is 13.7. The van der Waals surface area contributed by atoms with Crippen LogP contribution in [0.4, 0.5) is 0 Å². The van der Waals surface area contributed by atoms with Crippen LogP contribution in [0.15, 0.2) is 12.3 Å². The summed E-state index contributed by atoms with van der Waals surface area (Å²) in [6.45, 7) is 5.22. The molecule has 1 aromatic heterocycles. The molecule has 1 aromatic rings. The van der Waals surface area contributed by atoms with Crippen LogP contribution in [-0.4, -0.2) is 40.9 Å². The van der Waals surface area contributed by atoms with Crippen molar-refractivity contribution >= 4 is 0 Å². The molecule has 1 aliphatic rings. The van der Waals surface area contributed by atoms with E-state index < -0.39 is 0 Å². The Bertz CT molecular complexity index is 377. The van der Waals surface area contributed by atoms with E-state index in [4.69, 9.17) is 0 Å². The molecule has 0 radical (unpaired) electrons. The molecule has 0 saturated heterocycles. The second-order valence-corrected chi connectivity index (χ2v) is 5.98. The lowest BCUT2D eigenvalue weighted by Crippen LogP contribution is -2.49. The summed E-state index contributed by atoms with van der Waals surface area (Å²) in [4.78, 5) is 2.41. The van der Waals surface area contributed by atoms with Crippen molar-refractivity contribution in [1.29, 1.82) is 0 Å². The number of aryl methyl sites for hydroxylation is 1. The van der Waals surface area contributed by atoms with Crippen LogP contribution in [0.1, 0.15) is 44.7 Å². The maximum Gasteiger partial charge on any atom is 0.0522 e. The van der Waals surface area contributed by atoms with Crippen molar-refractivity contribution in [2.45, 2.75) is 57.7 Å². The second-order valence-electron chi connectivity index (χ2n) is 5.98.